The van der Waals surface area contributed by atoms with Gasteiger partial charge < -0.3 is 25.3 Å². The van der Waals surface area contributed by atoms with Crippen LogP contribution >= 0.6 is 11.8 Å². The molecule has 1 unspecified atom stereocenters. The number of carboxylic acids is 1. The van der Waals surface area contributed by atoms with Crippen LogP contribution in [0.3, 0.4) is 0 Å². The van der Waals surface area contributed by atoms with Gasteiger partial charge in [-0.3, -0.25) is 9.59 Å². The van der Waals surface area contributed by atoms with Gasteiger partial charge in [0.25, 0.3) is 0 Å². The number of amides is 2. The predicted octanol–water partition coefficient (Wildman–Crippen LogP) is 0.0821. The van der Waals surface area contributed by atoms with E-state index in [1.165, 1.54) is 16.7 Å². The average molecular weight is 397 g/mol. The molecular weight excluding hydrogens is 370 g/mol. The number of aliphatic hydroxyl groups is 1. The molecular formula is C18H27N3O5S. The third kappa shape index (κ3) is 3.48. The van der Waals surface area contributed by atoms with Crippen LogP contribution in [0, 0.1) is 11.8 Å². The van der Waals surface area contributed by atoms with E-state index in [4.69, 9.17) is 0 Å². The lowest BCUT2D eigenvalue weighted by Crippen LogP contribution is -2.63. The number of carboxylic acid groups (broad SMARTS) is 1. The zero-order valence-electron chi connectivity index (χ0n) is 16.0. The Morgan fingerprint density at radius 2 is 2.07 bits per heavy atom. The molecule has 2 amide bonds. The lowest BCUT2D eigenvalue weighted by atomic mass is 9.79. The number of carbonyl (C=O) groups is 3. The summed E-state index contributed by atoms with van der Waals surface area (Å²) >= 11 is 1.50. The van der Waals surface area contributed by atoms with Gasteiger partial charge in [-0.15, -0.1) is 11.8 Å². The maximum atomic E-state index is 12.4. The second-order valence-electron chi connectivity index (χ2n) is 7.84. The van der Waals surface area contributed by atoms with Crippen molar-refractivity contribution in [3.05, 3.63) is 10.6 Å². The quantitative estimate of drug-likeness (QED) is 0.545. The number of aliphatic carboxylic acids is 1. The van der Waals surface area contributed by atoms with E-state index in [-0.39, 0.29) is 40.8 Å². The Balaban J connectivity index is 1.72. The van der Waals surface area contributed by atoms with Crippen molar-refractivity contribution in [3.63, 3.8) is 0 Å². The summed E-state index contributed by atoms with van der Waals surface area (Å²) in [6.45, 7) is 4.19. The van der Waals surface area contributed by atoms with Crippen molar-refractivity contribution in [1.29, 1.82) is 0 Å². The molecule has 3 aliphatic rings. The molecule has 9 heteroatoms. The maximum absolute atomic E-state index is 12.4. The van der Waals surface area contributed by atoms with Crippen LogP contribution in [0.2, 0.25) is 0 Å². The number of hydrogen-bond donors (Lipinski definition) is 3. The standard InChI is InChI=1S/C18H27N3O5S/c1-8-14-13(9(2)22)17(24)21(14)15(18(25)26)16(8)27-11-5-10(19-7-11)6-12(23)20(3)4/h8-11,13-14,19,22H,5-7H2,1-4H3,(H,25,26)/t8-,9?,10+,11+,13-,14-/m1/s1. The molecule has 3 heterocycles. The first kappa shape index (κ1) is 20.2. The number of β-lactam (4-membered cyclic amide) rings is 1. The summed E-state index contributed by atoms with van der Waals surface area (Å²) in [6.07, 6.45) is 0.392. The average Bonchev–Trinajstić information content (AvgIpc) is 3.09. The molecule has 0 aromatic heterocycles. The number of nitrogens with one attached hydrogen (secondary N) is 1. The van der Waals surface area contributed by atoms with Gasteiger partial charge in [0.1, 0.15) is 5.70 Å². The topological polar surface area (TPSA) is 110 Å². The summed E-state index contributed by atoms with van der Waals surface area (Å²) in [6, 6.07) is -0.210. The van der Waals surface area contributed by atoms with Crippen molar-refractivity contribution >= 4 is 29.5 Å². The zero-order chi connectivity index (χ0) is 20.0. The van der Waals surface area contributed by atoms with Gasteiger partial charge >= 0.3 is 5.97 Å². The van der Waals surface area contributed by atoms with Crippen molar-refractivity contribution < 1.29 is 24.6 Å². The van der Waals surface area contributed by atoms with E-state index >= 15 is 0 Å². The van der Waals surface area contributed by atoms with Crippen molar-refractivity contribution in [2.24, 2.45) is 11.8 Å². The zero-order valence-corrected chi connectivity index (χ0v) is 16.8. The Bertz CT molecular complexity index is 692. The SMILES string of the molecule is CC(O)[C@H]1C(=O)N2C(C(=O)O)=C(S[C@@H]3CN[C@H](CC(=O)N(C)C)C3)[C@H](C)[C@H]12. The molecule has 150 valence electrons. The van der Waals surface area contributed by atoms with E-state index in [0.29, 0.717) is 17.9 Å². The van der Waals surface area contributed by atoms with Crippen LogP contribution in [0.15, 0.2) is 10.6 Å². The molecule has 0 spiro atoms. The first-order chi connectivity index (χ1) is 12.6. The van der Waals surface area contributed by atoms with E-state index in [1.807, 2.05) is 6.92 Å². The Morgan fingerprint density at radius 3 is 2.63 bits per heavy atom. The first-order valence-corrected chi connectivity index (χ1v) is 10.1. The van der Waals surface area contributed by atoms with Crippen LogP contribution in [0.4, 0.5) is 0 Å². The Morgan fingerprint density at radius 1 is 1.41 bits per heavy atom. The fraction of sp³-hybridized carbons (Fsp3) is 0.722. The number of aliphatic hydroxyl groups excluding tert-OH is 1. The van der Waals surface area contributed by atoms with Crippen LogP contribution in [0.1, 0.15) is 26.7 Å². The number of rotatable bonds is 6. The van der Waals surface area contributed by atoms with E-state index in [2.05, 4.69) is 5.32 Å². The summed E-state index contributed by atoms with van der Waals surface area (Å²) in [5.41, 5.74) is 0.0622. The minimum Gasteiger partial charge on any atom is -0.477 e. The van der Waals surface area contributed by atoms with Gasteiger partial charge in [-0.05, 0) is 13.3 Å². The largest absolute Gasteiger partial charge is 0.477 e. The molecule has 0 bridgehead atoms. The lowest BCUT2D eigenvalue weighted by Gasteiger charge is -2.46. The van der Waals surface area contributed by atoms with Gasteiger partial charge in [-0.25, -0.2) is 4.79 Å². The molecule has 0 aliphatic carbocycles. The van der Waals surface area contributed by atoms with Crippen LogP contribution in [-0.4, -0.2) is 81.9 Å². The predicted molar refractivity (Wildman–Crippen MR) is 101 cm³/mol. The molecule has 6 atom stereocenters. The number of hydrogen-bond acceptors (Lipinski definition) is 6. The molecule has 0 saturated carbocycles. The summed E-state index contributed by atoms with van der Waals surface area (Å²) < 4.78 is 0. The third-order valence-corrected chi connectivity index (χ3v) is 7.22. The molecule has 2 saturated heterocycles. The van der Waals surface area contributed by atoms with Gasteiger partial charge in [-0.2, -0.15) is 0 Å². The van der Waals surface area contributed by atoms with Crippen molar-refractivity contribution in [1.82, 2.24) is 15.1 Å². The molecule has 27 heavy (non-hydrogen) atoms. The molecule has 3 aliphatic heterocycles. The van der Waals surface area contributed by atoms with E-state index in [0.717, 1.165) is 6.42 Å². The maximum Gasteiger partial charge on any atom is 0.353 e. The highest BCUT2D eigenvalue weighted by Gasteiger charge is 2.60. The molecule has 3 N–H and O–H groups in total. The van der Waals surface area contributed by atoms with Crippen LogP contribution in [-0.2, 0) is 14.4 Å². The highest BCUT2D eigenvalue weighted by molar-refractivity contribution is 8.03. The highest BCUT2D eigenvalue weighted by atomic mass is 32.2. The second-order valence-corrected chi connectivity index (χ2v) is 9.19. The number of carbonyl (C=O) groups excluding carboxylic acids is 2. The van der Waals surface area contributed by atoms with Crippen LogP contribution in [0.25, 0.3) is 0 Å². The van der Waals surface area contributed by atoms with Crippen molar-refractivity contribution in [2.75, 3.05) is 20.6 Å². The lowest BCUT2D eigenvalue weighted by molar-refractivity contribution is -0.163. The number of fused-ring (bicyclic) bond motifs is 1. The van der Waals surface area contributed by atoms with Gasteiger partial charge in [0, 0.05) is 49.2 Å². The molecule has 2 fully saturated rings. The summed E-state index contributed by atoms with van der Waals surface area (Å²) in [7, 11) is 3.46. The molecule has 0 aromatic rings. The Hall–Kier alpha value is -1.58. The molecule has 0 aromatic carbocycles. The molecule has 8 nitrogen and oxygen atoms in total. The minimum atomic E-state index is -1.10. The number of thioether (sulfide) groups is 1. The monoisotopic (exact) mass is 397 g/mol. The van der Waals surface area contributed by atoms with Gasteiger partial charge in [0.2, 0.25) is 11.8 Å². The van der Waals surface area contributed by atoms with Crippen molar-refractivity contribution in [2.45, 2.75) is 50.1 Å². The van der Waals surface area contributed by atoms with E-state index in [1.54, 1.807) is 25.9 Å². The third-order valence-electron chi connectivity index (χ3n) is 5.71. The van der Waals surface area contributed by atoms with Crippen LogP contribution in [0.5, 0.6) is 0 Å². The first-order valence-electron chi connectivity index (χ1n) is 9.22. The second kappa shape index (κ2) is 7.44. The molecule has 0 radical (unpaired) electrons. The van der Waals surface area contributed by atoms with Crippen LogP contribution < -0.4 is 5.32 Å². The summed E-state index contributed by atoms with van der Waals surface area (Å²) in [5, 5.41) is 23.1. The van der Waals surface area contributed by atoms with Gasteiger partial charge in [0.05, 0.1) is 18.1 Å². The fourth-order valence-electron chi connectivity index (χ4n) is 4.28. The normalized spacial score (nSPS) is 33.7. The number of nitrogens with zero attached hydrogens (tertiary/aromatic N) is 2. The van der Waals surface area contributed by atoms with E-state index in [9.17, 15) is 24.6 Å². The van der Waals surface area contributed by atoms with Gasteiger partial charge in [-0.1, -0.05) is 6.92 Å². The smallest absolute Gasteiger partial charge is 0.353 e. The fourth-order valence-corrected chi connectivity index (χ4v) is 5.80. The van der Waals surface area contributed by atoms with Gasteiger partial charge in [0.15, 0.2) is 0 Å². The minimum absolute atomic E-state index is 0.0622. The summed E-state index contributed by atoms with van der Waals surface area (Å²) in [4.78, 5) is 39.7. The van der Waals surface area contributed by atoms with Crippen molar-refractivity contribution in [3.8, 4) is 0 Å². The highest BCUT2D eigenvalue weighted by Crippen LogP contribution is 2.51. The molecule has 3 rings (SSSR count). The Kier molecular flexibility index (Phi) is 5.56. The summed E-state index contributed by atoms with van der Waals surface area (Å²) in [5.74, 6) is -2.02. The Labute approximate surface area is 163 Å². The van der Waals surface area contributed by atoms with E-state index < -0.39 is 18.0 Å².